The monoisotopic (exact) mass is 337 g/mol. The number of nitrogens with two attached hydrogens (primary N) is 1. The number of carbonyl (C=O) groups is 1. The molecule has 130 valence electrons. The predicted molar refractivity (Wildman–Crippen MR) is 84.3 cm³/mol. The van der Waals surface area contributed by atoms with E-state index in [0.717, 1.165) is 31.4 Å². The Morgan fingerprint density at radius 3 is 2.29 bits per heavy atom. The van der Waals surface area contributed by atoms with E-state index >= 15 is 0 Å². The summed E-state index contributed by atoms with van der Waals surface area (Å²) in [6, 6.07) is 3.43. The number of esters is 1. The van der Waals surface area contributed by atoms with Crippen molar-refractivity contribution >= 4 is 17.3 Å². The summed E-state index contributed by atoms with van der Waals surface area (Å²) >= 11 is 0. The van der Waals surface area contributed by atoms with Crippen molar-refractivity contribution in [1.29, 1.82) is 0 Å². The van der Waals surface area contributed by atoms with Crippen LogP contribution < -0.4 is 5.73 Å². The molecule has 2 rings (SSSR count). The molecule has 1 fully saturated rings. The zero-order valence-electron chi connectivity index (χ0n) is 13.3. The van der Waals surface area contributed by atoms with Crippen LogP contribution in [0.5, 0.6) is 0 Å². The molecule has 0 saturated heterocycles. The minimum atomic E-state index is -1.03. The zero-order valence-corrected chi connectivity index (χ0v) is 13.3. The topological polar surface area (TPSA) is 139 Å². The lowest BCUT2D eigenvalue weighted by Gasteiger charge is -2.32. The van der Waals surface area contributed by atoms with Gasteiger partial charge in [-0.2, -0.15) is 0 Å². The van der Waals surface area contributed by atoms with Gasteiger partial charge in [0.2, 0.25) is 0 Å². The highest BCUT2D eigenvalue weighted by molar-refractivity contribution is 5.81. The van der Waals surface area contributed by atoms with Crippen LogP contribution in [0, 0.1) is 20.2 Å². The Morgan fingerprint density at radius 2 is 1.75 bits per heavy atom. The van der Waals surface area contributed by atoms with Crippen molar-refractivity contribution in [2.24, 2.45) is 5.73 Å². The molecule has 0 spiro atoms. The standard InChI is InChI=1S/C15H19N3O6/c1-10(24-14(19)15(16)7-3-2-4-8-15)11-5-6-12(17(20)21)13(9-11)18(22)23/h5-6,9-10H,2-4,7-8,16H2,1H3. The molecule has 0 heterocycles. The van der Waals surface area contributed by atoms with Crippen molar-refractivity contribution in [1.82, 2.24) is 0 Å². The minimum absolute atomic E-state index is 0.306. The van der Waals surface area contributed by atoms with Crippen molar-refractivity contribution in [3.63, 3.8) is 0 Å². The number of carbonyl (C=O) groups excluding carboxylic acids is 1. The normalized spacial score (nSPS) is 17.8. The lowest BCUT2D eigenvalue weighted by atomic mass is 9.82. The van der Waals surface area contributed by atoms with E-state index in [9.17, 15) is 25.0 Å². The first-order valence-corrected chi connectivity index (χ1v) is 7.67. The van der Waals surface area contributed by atoms with Gasteiger partial charge in [-0.25, -0.2) is 0 Å². The number of nitrogens with zero attached hydrogens (tertiary/aromatic N) is 2. The van der Waals surface area contributed by atoms with Gasteiger partial charge < -0.3 is 10.5 Å². The maximum absolute atomic E-state index is 12.3. The highest BCUT2D eigenvalue weighted by Gasteiger charge is 2.38. The van der Waals surface area contributed by atoms with Crippen molar-refractivity contribution in [3.8, 4) is 0 Å². The number of benzene rings is 1. The van der Waals surface area contributed by atoms with Crippen LogP contribution >= 0.6 is 0 Å². The van der Waals surface area contributed by atoms with Crippen LogP contribution in [0.25, 0.3) is 0 Å². The van der Waals surface area contributed by atoms with E-state index in [0.29, 0.717) is 18.4 Å². The number of hydrogen-bond acceptors (Lipinski definition) is 7. The van der Waals surface area contributed by atoms with Gasteiger partial charge in [0, 0.05) is 12.1 Å². The smallest absolute Gasteiger partial charge is 0.346 e. The lowest BCUT2D eigenvalue weighted by Crippen LogP contribution is -2.50. The summed E-state index contributed by atoms with van der Waals surface area (Å²) in [6.07, 6.45) is 3.01. The first kappa shape index (κ1) is 17.8. The Morgan fingerprint density at radius 1 is 1.17 bits per heavy atom. The number of nitro benzene ring substituents is 2. The van der Waals surface area contributed by atoms with Gasteiger partial charge in [-0.1, -0.05) is 19.3 Å². The number of hydrogen-bond donors (Lipinski definition) is 1. The van der Waals surface area contributed by atoms with Gasteiger partial charge in [0.05, 0.1) is 9.85 Å². The van der Waals surface area contributed by atoms with E-state index < -0.39 is 38.8 Å². The van der Waals surface area contributed by atoms with Crippen molar-refractivity contribution < 1.29 is 19.4 Å². The molecule has 1 aliphatic carbocycles. The van der Waals surface area contributed by atoms with Gasteiger partial charge in [0.15, 0.2) is 0 Å². The van der Waals surface area contributed by atoms with E-state index in [4.69, 9.17) is 10.5 Å². The maximum atomic E-state index is 12.3. The van der Waals surface area contributed by atoms with Gasteiger partial charge in [-0.3, -0.25) is 25.0 Å². The lowest BCUT2D eigenvalue weighted by molar-refractivity contribution is -0.422. The molecule has 2 N–H and O–H groups in total. The molecular formula is C15H19N3O6. The molecule has 24 heavy (non-hydrogen) atoms. The SMILES string of the molecule is CC(OC(=O)C1(N)CCCCC1)c1ccc([N+](=O)[O-])c([N+](=O)[O-])c1. The molecule has 0 amide bonds. The highest BCUT2D eigenvalue weighted by atomic mass is 16.6. The molecule has 1 atom stereocenters. The molecule has 1 unspecified atom stereocenters. The Balaban J connectivity index is 2.19. The van der Waals surface area contributed by atoms with Crippen LogP contribution in [0.3, 0.4) is 0 Å². The molecule has 1 saturated carbocycles. The molecule has 9 heteroatoms. The number of rotatable bonds is 5. The van der Waals surface area contributed by atoms with Crippen LogP contribution in [0.15, 0.2) is 18.2 Å². The summed E-state index contributed by atoms with van der Waals surface area (Å²) in [4.78, 5) is 32.5. The second-order valence-corrected chi connectivity index (χ2v) is 6.03. The molecule has 0 aromatic heterocycles. The van der Waals surface area contributed by atoms with Crippen LogP contribution in [-0.2, 0) is 9.53 Å². The third-order valence-corrected chi connectivity index (χ3v) is 4.30. The third kappa shape index (κ3) is 3.67. The van der Waals surface area contributed by atoms with Gasteiger partial charge in [-0.15, -0.1) is 0 Å². The molecule has 1 aromatic carbocycles. The predicted octanol–water partition coefficient (Wildman–Crippen LogP) is 2.77. The number of ether oxygens (including phenoxy) is 1. The number of nitro groups is 2. The Kier molecular flexibility index (Phi) is 5.13. The first-order chi connectivity index (χ1) is 11.2. The fourth-order valence-electron chi connectivity index (χ4n) is 2.83. The molecule has 0 bridgehead atoms. The van der Waals surface area contributed by atoms with E-state index in [1.807, 2.05) is 0 Å². The summed E-state index contributed by atoms with van der Waals surface area (Å²) in [6.45, 7) is 1.55. The average molecular weight is 337 g/mol. The van der Waals surface area contributed by atoms with E-state index in [2.05, 4.69) is 0 Å². The molecule has 1 aliphatic rings. The Labute approximate surface area is 138 Å². The Bertz CT molecular complexity index is 669. The third-order valence-electron chi connectivity index (χ3n) is 4.30. The van der Waals surface area contributed by atoms with Gasteiger partial charge in [0.25, 0.3) is 0 Å². The summed E-state index contributed by atoms with van der Waals surface area (Å²) in [7, 11) is 0. The fraction of sp³-hybridized carbons (Fsp3) is 0.533. The molecule has 9 nitrogen and oxygen atoms in total. The molecule has 0 aliphatic heterocycles. The molecule has 1 aromatic rings. The average Bonchev–Trinajstić information content (AvgIpc) is 2.54. The summed E-state index contributed by atoms with van der Waals surface area (Å²) in [5.41, 5.74) is 4.13. The van der Waals surface area contributed by atoms with Crippen LogP contribution in [0.1, 0.15) is 50.7 Å². The van der Waals surface area contributed by atoms with Crippen LogP contribution in [0.2, 0.25) is 0 Å². The van der Waals surface area contributed by atoms with Gasteiger partial charge >= 0.3 is 17.3 Å². The van der Waals surface area contributed by atoms with Crippen molar-refractivity contribution in [3.05, 3.63) is 44.0 Å². The Hall–Kier alpha value is -2.55. The fourth-order valence-corrected chi connectivity index (χ4v) is 2.83. The van der Waals surface area contributed by atoms with Crippen LogP contribution in [-0.4, -0.2) is 21.4 Å². The van der Waals surface area contributed by atoms with Gasteiger partial charge in [-0.05, 0) is 31.4 Å². The zero-order chi connectivity index (χ0) is 17.9. The van der Waals surface area contributed by atoms with E-state index in [1.165, 1.54) is 6.07 Å². The first-order valence-electron chi connectivity index (χ1n) is 7.67. The largest absolute Gasteiger partial charge is 0.456 e. The van der Waals surface area contributed by atoms with Crippen molar-refractivity contribution in [2.75, 3.05) is 0 Å². The van der Waals surface area contributed by atoms with Crippen LogP contribution in [0.4, 0.5) is 11.4 Å². The minimum Gasteiger partial charge on any atom is -0.456 e. The summed E-state index contributed by atoms with van der Waals surface area (Å²) in [5, 5.41) is 21.8. The highest BCUT2D eigenvalue weighted by Crippen LogP contribution is 2.33. The van der Waals surface area contributed by atoms with E-state index in [-0.39, 0.29) is 0 Å². The van der Waals surface area contributed by atoms with E-state index in [1.54, 1.807) is 6.92 Å². The molecule has 0 radical (unpaired) electrons. The van der Waals surface area contributed by atoms with Crippen molar-refractivity contribution in [2.45, 2.75) is 50.7 Å². The quantitative estimate of drug-likeness (QED) is 0.495. The molecular weight excluding hydrogens is 318 g/mol. The second kappa shape index (κ2) is 6.91. The maximum Gasteiger partial charge on any atom is 0.346 e. The van der Waals surface area contributed by atoms with Gasteiger partial charge in [0.1, 0.15) is 11.6 Å². The summed E-state index contributed by atoms with van der Waals surface area (Å²) < 4.78 is 5.36. The second-order valence-electron chi connectivity index (χ2n) is 6.03. The summed E-state index contributed by atoms with van der Waals surface area (Å²) in [5.74, 6) is -0.546.